The third kappa shape index (κ3) is 2.55. The van der Waals surface area contributed by atoms with Crippen LogP contribution >= 0.6 is 0 Å². The molecule has 0 N–H and O–H groups in total. The van der Waals surface area contributed by atoms with Gasteiger partial charge in [-0.05, 0) is 32.3 Å². The van der Waals surface area contributed by atoms with E-state index in [0.717, 1.165) is 46.8 Å². The van der Waals surface area contributed by atoms with Crippen molar-refractivity contribution < 1.29 is 9.53 Å². The van der Waals surface area contributed by atoms with E-state index in [2.05, 4.69) is 12.1 Å². The van der Waals surface area contributed by atoms with Crippen LogP contribution in [0.15, 0.2) is 36.5 Å². The Kier molecular flexibility index (Phi) is 3.94. The minimum Gasteiger partial charge on any atom is -0.481 e. The maximum absolute atomic E-state index is 12.8. The lowest BCUT2D eigenvalue weighted by Gasteiger charge is -2.28. The second-order valence-electron chi connectivity index (χ2n) is 7.08. The highest BCUT2D eigenvalue weighted by molar-refractivity contribution is 5.96. The van der Waals surface area contributed by atoms with Gasteiger partial charge in [-0.25, -0.2) is 4.98 Å². The lowest BCUT2D eigenvalue weighted by Crippen LogP contribution is -2.26. The monoisotopic (exact) mass is 349 g/mol. The van der Waals surface area contributed by atoms with E-state index in [0.29, 0.717) is 5.56 Å². The average Bonchev–Trinajstić information content (AvgIpc) is 2.95. The second-order valence-corrected chi connectivity index (χ2v) is 7.08. The first-order valence-corrected chi connectivity index (χ1v) is 8.91. The molecule has 3 heterocycles. The Balaban J connectivity index is 1.90. The van der Waals surface area contributed by atoms with Crippen LogP contribution < -0.4 is 4.74 Å². The van der Waals surface area contributed by atoms with Crippen molar-refractivity contribution in [3.63, 3.8) is 0 Å². The van der Waals surface area contributed by atoms with Crippen LogP contribution in [0.4, 0.5) is 0 Å². The van der Waals surface area contributed by atoms with Crippen molar-refractivity contribution in [1.29, 1.82) is 0 Å². The van der Waals surface area contributed by atoms with Gasteiger partial charge in [0.05, 0.1) is 11.3 Å². The van der Waals surface area contributed by atoms with Crippen molar-refractivity contribution in [2.24, 2.45) is 0 Å². The van der Waals surface area contributed by atoms with Gasteiger partial charge in [-0.3, -0.25) is 4.79 Å². The zero-order valence-corrected chi connectivity index (χ0v) is 15.6. The van der Waals surface area contributed by atoms with E-state index in [1.807, 2.05) is 42.6 Å². The Morgan fingerprint density at radius 2 is 1.96 bits per heavy atom. The second kappa shape index (κ2) is 6.16. The molecule has 26 heavy (non-hydrogen) atoms. The molecule has 1 amide bonds. The number of ether oxygens (including phenoxy) is 1. The molecule has 0 radical (unpaired) electrons. The number of benzene rings is 1. The van der Waals surface area contributed by atoms with Gasteiger partial charge in [-0.15, -0.1) is 0 Å². The number of fused-ring (bicyclic) bond motifs is 3. The maximum Gasteiger partial charge on any atom is 0.255 e. The molecule has 3 aromatic rings. The normalized spacial score (nSPS) is 16.2. The first-order chi connectivity index (χ1) is 12.5. The molecular formula is C21H23N3O2. The van der Waals surface area contributed by atoms with Crippen molar-refractivity contribution in [3.05, 3.63) is 64.6 Å². The summed E-state index contributed by atoms with van der Waals surface area (Å²) in [6.07, 6.45) is 3.54. The Labute approximate surface area is 153 Å². The third-order valence-electron chi connectivity index (χ3n) is 5.17. The average molecular weight is 349 g/mol. The van der Waals surface area contributed by atoms with Crippen LogP contribution in [-0.4, -0.2) is 34.3 Å². The Hall–Kier alpha value is -2.82. The van der Waals surface area contributed by atoms with E-state index >= 15 is 0 Å². The fourth-order valence-electron chi connectivity index (χ4n) is 3.59. The van der Waals surface area contributed by atoms with Gasteiger partial charge in [0, 0.05) is 31.5 Å². The van der Waals surface area contributed by atoms with Crippen LogP contribution in [0.25, 0.3) is 5.65 Å². The molecule has 2 aromatic heterocycles. The molecule has 0 unspecified atom stereocenters. The number of carbonyl (C=O) groups excluding carboxylic acids is 1. The van der Waals surface area contributed by atoms with Crippen molar-refractivity contribution in [2.75, 3.05) is 14.1 Å². The van der Waals surface area contributed by atoms with Crippen LogP contribution in [0, 0.1) is 13.8 Å². The zero-order valence-electron chi connectivity index (χ0n) is 15.6. The van der Waals surface area contributed by atoms with Crippen LogP contribution in [0.2, 0.25) is 0 Å². The van der Waals surface area contributed by atoms with Crippen LogP contribution in [0.1, 0.15) is 45.4 Å². The first-order valence-electron chi connectivity index (χ1n) is 8.91. The molecule has 0 saturated heterocycles. The number of hydrogen-bond donors (Lipinski definition) is 0. The van der Waals surface area contributed by atoms with Gasteiger partial charge in [0.1, 0.15) is 6.10 Å². The number of amides is 1. The molecule has 0 spiro atoms. The van der Waals surface area contributed by atoms with Crippen LogP contribution in [0.5, 0.6) is 5.75 Å². The van der Waals surface area contributed by atoms with E-state index in [4.69, 9.17) is 9.72 Å². The summed E-state index contributed by atoms with van der Waals surface area (Å²) in [5.74, 6) is 0.740. The maximum atomic E-state index is 12.8. The summed E-state index contributed by atoms with van der Waals surface area (Å²) < 4.78 is 8.40. The van der Waals surface area contributed by atoms with Crippen LogP contribution in [0.3, 0.4) is 0 Å². The van der Waals surface area contributed by atoms with Crippen molar-refractivity contribution in [1.82, 2.24) is 14.3 Å². The summed E-state index contributed by atoms with van der Waals surface area (Å²) in [7, 11) is 3.56. The standard InChI is InChI=1S/C21H23N3O2/c1-13-14(2)24-12-17(21(25)23(3)4)16-10-11-18(15-8-6-5-7-9-15)26-19(16)20(24)22-13/h5-9,12,18H,10-11H2,1-4H3/t18-/m1/s1. The lowest BCUT2D eigenvalue weighted by molar-refractivity contribution is 0.0823. The van der Waals surface area contributed by atoms with E-state index in [-0.39, 0.29) is 12.0 Å². The Morgan fingerprint density at radius 1 is 1.23 bits per heavy atom. The Bertz CT molecular complexity index is 990. The van der Waals surface area contributed by atoms with Crippen molar-refractivity contribution in [3.8, 4) is 5.75 Å². The highest BCUT2D eigenvalue weighted by Crippen LogP contribution is 2.40. The number of carbonyl (C=O) groups is 1. The molecule has 0 fully saturated rings. The van der Waals surface area contributed by atoms with E-state index in [1.165, 1.54) is 0 Å². The van der Waals surface area contributed by atoms with Gasteiger partial charge < -0.3 is 14.0 Å². The highest BCUT2D eigenvalue weighted by atomic mass is 16.5. The topological polar surface area (TPSA) is 46.8 Å². The number of pyridine rings is 1. The van der Waals surface area contributed by atoms with Gasteiger partial charge in [0.2, 0.25) is 0 Å². The van der Waals surface area contributed by atoms with Gasteiger partial charge in [0.25, 0.3) is 5.91 Å². The SMILES string of the molecule is Cc1nc2c3c(c(C(=O)N(C)C)cn2c1C)CC[C@H](c1ccccc1)O3. The molecule has 1 atom stereocenters. The zero-order chi connectivity index (χ0) is 18.4. The number of nitrogens with zero attached hydrogens (tertiary/aromatic N) is 3. The Morgan fingerprint density at radius 3 is 2.65 bits per heavy atom. The molecule has 0 saturated carbocycles. The van der Waals surface area contributed by atoms with Crippen molar-refractivity contribution in [2.45, 2.75) is 32.8 Å². The molecule has 0 bridgehead atoms. The first kappa shape index (κ1) is 16.6. The van der Waals surface area contributed by atoms with Crippen LogP contribution in [-0.2, 0) is 6.42 Å². The quantitative estimate of drug-likeness (QED) is 0.708. The number of aromatic nitrogens is 2. The van der Waals surface area contributed by atoms with Gasteiger partial charge in [-0.1, -0.05) is 30.3 Å². The molecule has 4 rings (SSSR count). The summed E-state index contributed by atoms with van der Waals surface area (Å²) in [6, 6.07) is 10.2. The summed E-state index contributed by atoms with van der Waals surface area (Å²) in [6.45, 7) is 4.00. The van der Waals surface area contributed by atoms with E-state index in [9.17, 15) is 4.79 Å². The molecule has 5 nitrogen and oxygen atoms in total. The molecule has 5 heteroatoms. The van der Waals surface area contributed by atoms with Gasteiger partial charge >= 0.3 is 0 Å². The molecule has 1 aromatic carbocycles. The molecule has 1 aliphatic rings. The summed E-state index contributed by atoms with van der Waals surface area (Å²) >= 11 is 0. The minimum atomic E-state index is -0.0190. The highest BCUT2D eigenvalue weighted by Gasteiger charge is 2.30. The minimum absolute atomic E-state index is 0.00401. The predicted octanol–water partition coefficient (Wildman–Crippen LogP) is 3.72. The molecule has 134 valence electrons. The smallest absolute Gasteiger partial charge is 0.255 e. The summed E-state index contributed by atoms with van der Waals surface area (Å²) in [4.78, 5) is 19.1. The number of imidazole rings is 1. The fourth-order valence-corrected chi connectivity index (χ4v) is 3.59. The number of rotatable bonds is 2. The molecule has 1 aliphatic heterocycles. The van der Waals surface area contributed by atoms with Gasteiger partial charge in [-0.2, -0.15) is 0 Å². The summed E-state index contributed by atoms with van der Waals surface area (Å²) in [5.41, 5.74) is 5.59. The van der Waals surface area contributed by atoms with E-state index < -0.39 is 0 Å². The molecular weight excluding hydrogens is 326 g/mol. The fraction of sp³-hybridized carbons (Fsp3) is 0.333. The van der Waals surface area contributed by atoms with E-state index in [1.54, 1.807) is 19.0 Å². The third-order valence-corrected chi connectivity index (χ3v) is 5.17. The van der Waals surface area contributed by atoms with Crippen molar-refractivity contribution >= 4 is 11.6 Å². The predicted molar refractivity (Wildman–Crippen MR) is 101 cm³/mol. The summed E-state index contributed by atoms with van der Waals surface area (Å²) in [5, 5.41) is 0. The van der Waals surface area contributed by atoms with Gasteiger partial charge in [0.15, 0.2) is 11.4 Å². The largest absolute Gasteiger partial charge is 0.481 e. The number of aryl methyl sites for hydroxylation is 2. The lowest BCUT2D eigenvalue weighted by atomic mass is 9.95. The molecule has 0 aliphatic carbocycles. The number of hydrogen-bond acceptors (Lipinski definition) is 3.